The number of nitro groups is 1. The molecule has 0 saturated heterocycles. The summed E-state index contributed by atoms with van der Waals surface area (Å²) in [6.45, 7) is 3.77. The Kier molecular flexibility index (Phi) is 4.84. The van der Waals surface area contributed by atoms with Crippen LogP contribution >= 0.6 is 0 Å². The van der Waals surface area contributed by atoms with Gasteiger partial charge in [0, 0.05) is 6.07 Å². The second kappa shape index (κ2) is 6.16. The minimum Gasteiger partial charge on any atom is -0.487 e. The van der Waals surface area contributed by atoms with Gasteiger partial charge in [0.1, 0.15) is 5.54 Å². The smallest absolute Gasteiger partial charge is 0.310 e. The van der Waals surface area contributed by atoms with Crippen molar-refractivity contribution in [2.24, 2.45) is 5.73 Å². The Labute approximate surface area is 111 Å². The molecule has 2 N–H and O–H groups in total. The van der Waals surface area contributed by atoms with E-state index in [1.54, 1.807) is 19.1 Å². The van der Waals surface area contributed by atoms with E-state index in [4.69, 9.17) is 15.7 Å². The molecule has 0 spiro atoms. The van der Waals surface area contributed by atoms with Crippen molar-refractivity contribution in [1.29, 1.82) is 5.26 Å². The Morgan fingerprint density at radius 1 is 1.58 bits per heavy atom. The molecule has 0 aliphatic carbocycles. The van der Waals surface area contributed by atoms with Crippen LogP contribution in [0, 0.1) is 28.4 Å². The summed E-state index contributed by atoms with van der Waals surface area (Å²) in [5, 5.41) is 19.6. The highest BCUT2D eigenvalue weighted by Crippen LogP contribution is 2.28. The maximum absolute atomic E-state index is 10.8. The van der Waals surface area contributed by atoms with Crippen molar-refractivity contribution in [3.63, 3.8) is 0 Å². The maximum atomic E-state index is 10.8. The summed E-state index contributed by atoms with van der Waals surface area (Å²) >= 11 is 0. The molecule has 0 aromatic heterocycles. The molecule has 1 aromatic rings. The normalized spacial score (nSPS) is 13.4. The minimum atomic E-state index is -0.887. The first-order chi connectivity index (χ1) is 8.85. The maximum Gasteiger partial charge on any atom is 0.310 e. The van der Waals surface area contributed by atoms with Gasteiger partial charge in [0.2, 0.25) is 0 Å². The van der Waals surface area contributed by atoms with E-state index in [2.05, 4.69) is 0 Å². The standard InChI is InChI=1S/C13H17N3O3/c1-10-4-5-11(16(17)18)12(8-10)19-7-3-6-13(2,15)9-14/h4-5,8H,3,6-7,15H2,1-2H3. The fraction of sp³-hybridized carbons (Fsp3) is 0.462. The van der Waals surface area contributed by atoms with Crippen molar-refractivity contribution in [3.05, 3.63) is 33.9 Å². The molecule has 0 amide bonds. The third kappa shape index (κ3) is 4.56. The van der Waals surface area contributed by atoms with Gasteiger partial charge in [0.25, 0.3) is 0 Å². The van der Waals surface area contributed by atoms with Crippen molar-refractivity contribution in [1.82, 2.24) is 0 Å². The number of nitro benzene ring substituents is 1. The summed E-state index contributed by atoms with van der Waals surface area (Å²) in [6, 6.07) is 6.71. The Bertz CT molecular complexity index is 506. The minimum absolute atomic E-state index is 0.0543. The van der Waals surface area contributed by atoms with Crippen LogP contribution in [0.3, 0.4) is 0 Å². The van der Waals surface area contributed by atoms with Crippen molar-refractivity contribution in [2.45, 2.75) is 32.2 Å². The molecule has 6 nitrogen and oxygen atoms in total. The highest BCUT2D eigenvalue weighted by atomic mass is 16.6. The zero-order chi connectivity index (χ0) is 14.5. The van der Waals surface area contributed by atoms with Gasteiger partial charge in [0.15, 0.2) is 5.75 Å². The monoisotopic (exact) mass is 263 g/mol. The van der Waals surface area contributed by atoms with Gasteiger partial charge in [-0.15, -0.1) is 0 Å². The number of nitriles is 1. The van der Waals surface area contributed by atoms with Gasteiger partial charge < -0.3 is 10.5 Å². The van der Waals surface area contributed by atoms with E-state index in [1.807, 2.05) is 13.0 Å². The lowest BCUT2D eigenvalue weighted by Crippen LogP contribution is -2.34. The number of hydrogen-bond acceptors (Lipinski definition) is 5. The molecule has 0 fully saturated rings. The van der Waals surface area contributed by atoms with Crippen LogP contribution in [0.2, 0.25) is 0 Å². The van der Waals surface area contributed by atoms with Gasteiger partial charge >= 0.3 is 5.69 Å². The third-order valence-corrected chi connectivity index (χ3v) is 2.67. The van der Waals surface area contributed by atoms with Crippen LogP contribution in [0.5, 0.6) is 5.75 Å². The van der Waals surface area contributed by atoms with Crippen LogP contribution in [0.4, 0.5) is 5.69 Å². The van der Waals surface area contributed by atoms with E-state index in [0.29, 0.717) is 19.4 Å². The molecule has 0 aliphatic heterocycles. The van der Waals surface area contributed by atoms with Crippen LogP contribution in [0.15, 0.2) is 18.2 Å². The number of nitrogens with zero attached hydrogens (tertiary/aromatic N) is 2. The van der Waals surface area contributed by atoms with E-state index < -0.39 is 10.5 Å². The van der Waals surface area contributed by atoms with Crippen molar-refractivity contribution < 1.29 is 9.66 Å². The quantitative estimate of drug-likeness (QED) is 0.482. The molecule has 0 bridgehead atoms. The number of ether oxygens (including phenoxy) is 1. The molecule has 0 heterocycles. The first-order valence-electron chi connectivity index (χ1n) is 5.94. The van der Waals surface area contributed by atoms with E-state index >= 15 is 0 Å². The Morgan fingerprint density at radius 2 is 2.26 bits per heavy atom. The summed E-state index contributed by atoms with van der Waals surface area (Å²) in [5.41, 5.74) is 5.62. The highest BCUT2D eigenvalue weighted by Gasteiger charge is 2.18. The number of hydrogen-bond donors (Lipinski definition) is 1. The molecule has 102 valence electrons. The Hall–Kier alpha value is -2.13. The average Bonchev–Trinajstić information content (AvgIpc) is 2.34. The van der Waals surface area contributed by atoms with Gasteiger partial charge in [0.05, 0.1) is 17.6 Å². The van der Waals surface area contributed by atoms with Crippen molar-refractivity contribution in [3.8, 4) is 11.8 Å². The predicted octanol–water partition coefficient (Wildman–Crippen LogP) is 2.30. The fourth-order valence-electron chi connectivity index (χ4n) is 1.57. The lowest BCUT2D eigenvalue weighted by Gasteiger charge is -2.15. The molecule has 19 heavy (non-hydrogen) atoms. The lowest BCUT2D eigenvalue weighted by molar-refractivity contribution is -0.385. The van der Waals surface area contributed by atoms with Crippen LogP contribution in [0.1, 0.15) is 25.3 Å². The molecule has 0 radical (unpaired) electrons. The van der Waals surface area contributed by atoms with Gasteiger partial charge in [-0.05, 0) is 38.3 Å². The number of aryl methyl sites for hydroxylation is 1. The highest BCUT2D eigenvalue weighted by molar-refractivity contribution is 5.48. The van der Waals surface area contributed by atoms with Crippen LogP contribution in [-0.2, 0) is 0 Å². The largest absolute Gasteiger partial charge is 0.487 e. The number of rotatable bonds is 6. The summed E-state index contributed by atoms with van der Waals surface area (Å²) in [5.74, 6) is 0.251. The molecule has 0 aliphatic rings. The lowest BCUT2D eigenvalue weighted by atomic mass is 10.00. The fourth-order valence-corrected chi connectivity index (χ4v) is 1.57. The molecule has 0 saturated carbocycles. The van der Waals surface area contributed by atoms with E-state index in [1.165, 1.54) is 6.07 Å². The van der Waals surface area contributed by atoms with E-state index in [0.717, 1.165) is 5.56 Å². The van der Waals surface area contributed by atoms with Crippen molar-refractivity contribution >= 4 is 5.69 Å². The summed E-state index contributed by atoms with van der Waals surface area (Å²) < 4.78 is 5.41. The number of nitrogens with two attached hydrogens (primary N) is 1. The van der Waals surface area contributed by atoms with E-state index in [-0.39, 0.29) is 11.4 Å². The number of benzene rings is 1. The average molecular weight is 263 g/mol. The predicted molar refractivity (Wildman–Crippen MR) is 70.8 cm³/mol. The molecular formula is C13H17N3O3. The molecule has 1 aromatic carbocycles. The first-order valence-corrected chi connectivity index (χ1v) is 5.94. The molecule has 1 rings (SSSR count). The zero-order valence-corrected chi connectivity index (χ0v) is 11.0. The Morgan fingerprint density at radius 3 is 2.84 bits per heavy atom. The molecule has 1 unspecified atom stereocenters. The van der Waals surface area contributed by atoms with E-state index in [9.17, 15) is 10.1 Å². The molecule has 1 atom stereocenters. The van der Waals surface area contributed by atoms with Crippen LogP contribution in [-0.4, -0.2) is 17.1 Å². The van der Waals surface area contributed by atoms with Gasteiger partial charge in [-0.3, -0.25) is 10.1 Å². The summed E-state index contributed by atoms with van der Waals surface area (Å²) in [4.78, 5) is 10.4. The first kappa shape index (κ1) is 14.9. The molecular weight excluding hydrogens is 246 g/mol. The second-order valence-electron chi connectivity index (χ2n) is 4.71. The van der Waals surface area contributed by atoms with Gasteiger partial charge in [-0.25, -0.2) is 0 Å². The summed E-state index contributed by atoms with van der Waals surface area (Å²) in [6.07, 6.45) is 1.04. The van der Waals surface area contributed by atoms with Crippen molar-refractivity contribution in [2.75, 3.05) is 6.61 Å². The third-order valence-electron chi connectivity index (χ3n) is 2.67. The van der Waals surface area contributed by atoms with Crippen LogP contribution in [0.25, 0.3) is 0 Å². The molecule has 6 heteroatoms. The van der Waals surface area contributed by atoms with Gasteiger partial charge in [-0.2, -0.15) is 5.26 Å². The second-order valence-corrected chi connectivity index (χ2v) is 4.71. The van der Waals surface area contributed by atoms with Crippen LogP contribution < -0.4 is 10.5 Å². The summed E-state index contributed by atoms with van der Waals surface area (Å²) in [7, 11) is 0. The zero-order valence-electron chi connectivity index (χ0n) is 11.0. The Balaban J connectivity index is 2.61. The SMILES string of the molecule is Cc1ccc([N+](=O)[O-])c(OCCCC(C)(N)C#N)c1. The topological polar surface area (TPSA) is 102 Å². The van der Waals surface area contributed by atoms with Gasteiger partial charge in [-0.1, -0.05) is 6.07 Å².